The Bertz CT molecular complexity index is 3740. The second-order valence-electron chi connectivity index (χ2n) is 22.2. The van der Waals surface area contributed by atoms with E-state index in [2.05, 4.69) is 233 Å². The molecule has 0 spiro atoms. The van der Waals surface area contributed by atoms with Crippen LogP contribution in [0.25, 0.3) is 89.3 Å². The Morgan fingerprint density at radius 2 is 1.35 bits per heavy atom. The highest BCUT2D eigenvalue weighted by atomic mass is 28.3. The summed E-state index contributed by atoms with van der Waals surface area (Å²) in [5, 5.41) is 3.75. The maximum Gasteiger partial charge on any atom is 0.304 e. The predicted molar refractivity (Wildman–Crippen MR) is 300 cm³/mol. The standard InChI is InChI=1S/C66H65N3OSi/c1-40(2)55-36-48(45-21-12-11-13-22-45)37-56(41(3)4)64(55)69-59-26-17-16-25-58(59)68-44(7)35-60-52(50-23-14-15-24-51(50)57-34-30-49(39-67(57)60)71(8,9)10)31-27-46-28-33-54-53-32-29-47(62-42(5)19-18-20-43(62)6)38-61(53)70-65(54)63(46)66(68)69/h11-26,28-30,32-34,36-41,52,60H,7,27,31,35H2,1-6,8-10H3/q+2. The molecule has 5 heterocycles. The maximum absolute atomic E-state index is 7.47. The molecule has 5 heteroatoms. The van der Waals surface area contributed by atoms with Crippen LogP contribution in [0.3, 0.4) is 0 Å². The Balaban J connectivity index is 1.20. The first kappa shape index (κ1) is 45.1. The van der Waals surface area contributed by atoms with E-state index in [0.717, 1.165) is 69.3 Å². The molecule has 4 nitrogen and oxygen atoms in total. The minimum atomic E-state index is -1.66. The lowest BCUT2D eigenvalue weighted by atomic mass is 9.77. The van der Waals surface area contributed by atoms with Gasteiger partial charge in [-0.2, -0.15) is 13.7 Å². The second-order valence-corrected chi connectivity index (χ2v) is 27.3. The van der Waals surface area contributed by atoms with Crippen LogP contribution in [0.1, 0.15) is 97.7 Å². The Kier molecular flexibility index (Phi) is 10.8. The van der Waals surface area contributed by atoms with Crippen molar-refractivity contribution >= 4 is 51.9 Å². The molecule has 2 atom stereocenters. The van der Waals surface area contributed by atoms with Gasteiger partial charge in [0, 0.05) is 44.6 Å². The lowest BCUT2D eigenvalue weighted by Crippen LogP contribution is -2.53. The molecular formula is C66H65N3OSi+2. The topological polar surface area (TPSA) is 25.8 Å². The van der Waals surface area contributed by atoms with Gasteiger partial charge in [-0.3, -0.25) is 0 Å². The van der Waals surface area contributed by atoms with Crippen molar-refractivity contribution in [2.45, 2.75) is 104 Å². The molecule has 12 rings (SSSR count). The molecule has 10 aromatic rings. The Hall–Kier alpha value is -7.08. The number of rotatable bonds is 6. The van der Waals surface area contributed by atoms with Crippen molar-refractivity contribution in [1.29, 1.82) is 0 Å². The average molecular weight is 944 g/mol. The summed E-state index contributed by atoms with van der Waals surface area (Å²) in [5.74, 6) is 1.84. The number of pyridine rings is 1. The summed E-state index contributed by atoms with van der Waals surface area (Å²) < 4.78 is 15.3. The molecule has 0 saturated carbocycles. The number of hydrogen-bond acceptors (Lipinski definition) is 1. The molecular weight excluding hydrogens is 879 g/mol. The van der Waals surface area contributed by atoms with Gasteiger partial charge in [0.2, 0.25) is 5.69 Å². The normalized spacial score (nSPS) is 15.8. The SMILES string of the molecule is C=C1CC2C(CCc3ccc4c(oc5cc(-c6c(C)cccc6C)ccc54)c3-c3n(-c4c(C(C)C)cc(-c5ccccc5)cc4C(C)C)c4ccccc4[n+]31)c1ccccc1-c1ccc([Si](C)(C)C)c[n+]12. The second kappa shape index (κ2) is 17.1. The number of aryl methyl sites for hydroxylation is 3. The first-order valence-electron chi connectivity index (χ1n) is 25.9. The molecule has 0 N–H and O–H groups in total. The van der Waals surface area contributed by atoms with Crippen molar-refractivity contribution < 1.29 is 13.6 Å². The molecule has 2 unspecified atom stereocenters. The average Bonchev–Trinajstić information content (AvgIpc) is 3.91. The van der Waals surface area contributed by atoms with Gasteiger partial charge in [-0.25, -0.2) is 0 Å². The first-order chi connectivity index (χ1) is 34.3. The van der Waals surface area contributed by atoms with Crippen molar-refractivity contribution in [2.24, 2.45) is 0 Å². The zero-order chi connectivity index (χ0) is 49.0. The minimum absolute atomic E-state index is 0.161. The highest BCUT2D eigenvalue weighted by molar-refractivity contribution is 6.88. The molecule has 2 aliphatic rings. The Morgan fingerprint density at radius 3 is 2.08 bits per heavy atom. The highest BCUT2D eigenvalue weighted by Gasteiger charge is 2.45. The number of hydrogen-bond donors (Lipinski definition) is 0. The lowest BCUT2D eigenvalue weighted by Gasteiger charge is -2.32. The van der Waals surface area contributed by atoms with Crippen molar-refractivity contribution in [3.05, 3.63) is 198 Å². The minimum Gasteiger partial charge on any atom is -0.455 e. The fourth-order valence-electron chi connectivity index (χ4n) is 12.5. The van der Waals surface area contributed by atoms with E-state index in [-0.39, 0.29) is 23.8 Å². The number of para-hydroxylation sites is 2. The quantitative estimate of drug-likeness (QED) is 0.120. The first-order valence-corrected chi connectivity index (χ1v) is 29.4. The molecule has 71 heavy (non-hydrogen) atoms. The summed E-state index contributed by atoms with van der Waals surface area (Å²) >= 11 is 0. The zero-order valence-electron chi connectivity index (χ0n) is 42.9. The number of imidazole rings is 1. The van der Waals surface area contributed by atoms with Gasteiger partial charge in [0.15, 0.2) is 28.9 Å². The smallest absolute Gasteiger partial charge is 0.304 e. The van der Waals surface area contributed by atoms with E-state index in [9.17, 15) is 0 Å². The summed E-state index contributed by atoms with van der Waals surface area (Å²) in [6.07, 6.45) is 5.17. The largest absolute Gasteiger partial charge is 0.455 e. The van der Waals surface area contributed by atoms with E-state index in [1.165, 1.54) is 77.8 Å². The van der Waals surface area contributed by atoms with Crippen molar-refractivity contribution in [3.63, 3.8) is 0 Å². The van der Waals surface area contributed by atoms with E-state index >= 15 is 0 Å². The molecule has 0 saturated heterocycles. The van der Waals surface area contributed by atoms with Crippen LogP contribution in [0, 0.1) is 13.8 Å². The van der Waals surface area contributed by atoms with Crippen molar-refractivity contribution in [2.75, 3.05) is 0 Å². The van der Waals surface area contributed by atoms with Gasteiger partial charge in [-0.1, -0.05) is 157 Å². The molecule has 0 radical (unpaired) electrons. The third kappa shape index (κ3) is 7.29. The number of benzene rings is 7. The summed E-state index contributed by atoms with van der Waals surface area (Å²) in [4.78, 5) is 0. The number of aromatic nitrogens is 3. The fourth-order valence-corrected chi connectivity index (χ4v) is 13.6. The predicted octanol–water partition coefficient (Wildman–Crippen LogP) is 16.3. The van der Waals surface area contributed by atoms with Gasteiger partial charge < -0.3 is 4.42 Å². The van der Waals surface area contributed by atoms with Crippen LogP contribution in [0.4, 0.5) is 0 Å². The molecule has 7 aromatic carbocycles. The van der Waals surface area contributed by atoms with Gasteiger partial charge in [0.25, 0.3) is 0 Å². The lowest BCUT2D eigenvalue weighted by molar-refractivity contribution is -0.719. The van der Waals surface area contributed by atoms with E-state index in [1.807, 2.05) is 0 Å². The molecule has 0 bridgehead atoms. The molecule has 0 fully saturated rings. The van der Waals surface area contributed by atoms with Crippen LogP contribution in [0.15, 0.2) is 169 Å². The number of allylic oxidation sites excluding steroid dienone is 1. The third-order valence-electron chi connectivity index (χ3n) is 16.0. The van der Waals surface area contributed by atoms with Crippen LogP contribution < -0.4 is 14.3 Å². The van der Waals surface area contributed by atoms with Crippen molar-refractivity contribution in [1.82, 2.24) is 4.57 Å². The monoisotopic (exact) mass is 943 g/mol. The summed E-state index contributed by atoms with van der Waals surface area (Å²) in [5.41, 5.74) is 23.1. The van der Waals surface area contributed by atoms with E-state index in [1.54, 1.807) is 0 Å². The summed E-state index contributed by atoms with van der Waals surface area (Å²) in [6.45, 7) is 26.5. The number of nitrogens with zero attached hydrogens (tertiary/aromatic N) is 3. The highest BCUT2D eigenvalue weighted by Crippen LogP contribution is 2.48. The van der Waals surface area contributed by atoms with E-state index < -0.39 is 8.07 Å². The van der Waals surface area contributed by atoms with Crippen molar-refractivity contribution in [3.8, 4) is 50.6 Å². The summed E-state index contributed by atoms with van der Waals surface area (Å²) in [7, 11) is -1.66. The van der Waals surface area contributed by atoms with Crippen LogP contribution in [-0.4, -0.2) is 12.6 Å². The number of furan rings is 1. The molecule has 3 aromatic heterocycles. The molecule has 0 aliphatic carbocycles. The summed E-state index contributed by atoms with van der Waals surface area (Å²) in [6, 6.07) is 57.3. The Morgan fingerprint density at radius 1 is 0.662 bits per heavy atom. The molecule has 2 aliphatic heterocycles. The van der Waals surface area contributed by atoms with Crippen LogP contribution in [-0.2, 0) is 6.42 Å². The van der Waals surface area contributed by atoms with Gasteiger partial charge in [-0.15, -0.1) is 0 Å². The van der Waals surface area contributed by atoms with Gasteiger partial charge in [0.05, 0.1) is 14.5 Å². The van der Waals surface area contributed by atoms with Crippen LogP contribution in [0.5, 0.6) is 0 Å². The van der Waals surface area contributed by atoms with Gasteiger partial charge in [0.1, 0.15) is 22.5 Å². The van der Waals surface area contributed by atoms with E-state index in [0.29, 0.717) is 0 Å². The molecule has 0 amide bonds. The van der Waals surface area contributed by atoms with Crippen LogP contribution >= 0.6 is 0 Å². The van der Waals surface area contributed by atoms with Gasteiger partial charge in [-0.05, 0) is 125 Å². The zero-order valence-corrected chi connectivity index (χ0v) is 43.9. The fraction of sp³-hybridized carbons (Fsp3) is 0.242. The third-order valence-corrected chi connectivity index (χ3v) is 18.1. The van der Waals surface area contributed by atoms with E-state index in [4.69, 9.17) is 11.0 Å². The maximum atomic E-state index is 7.47. The molecule has 352 valence electrons. The number of fused-ring (bicyclic) bond motifs is 15. The Labute approximate surface area is 420 Å². The van der Waals surface area contributed by atoms with Crippen LogP contribution in [0.2, 0.25) is 19.6 Å². The van der Waals surface area contributed by atoms with Gasteiger partial charge >= 0.3 is 5.82 Å².